The van der Waals surface area contributed by atoms with Crippen molar-refractivity contribution in [2.24, 2.45) is 11.8 Å². The van der Waals surface area contributed by atoms with Crippen molar-refractivity contribution in [3.63, 3.8) is 0 Å². The van der Waals surface area contributed by atoms with Gasteiger partial charge in [0.1, 0.15) is 17.6 Å². The average molecular weight is 635 g/mol. The molecule has 3 aliphatic rings. The molecule has 2 N–H and O–H groups in total. The Balaban J connectivity index is 1.39. The number of hydrogen-bond acceptors (Lipinski definition) is 6. The molecule has 1 aliphatic carbocycles. The summed E-state index contributed by atoms with van der Waals surface area (Å²) in [5, 5.41) is 10.9. The van der Waals surface area contributed by atoms with E-state index in [1.807, 2.05) is 36.4 Å². The van der Waals surface area contributed by atoms with Gasteiger partial charge in [-0.3, -0.25) is 4.79 Å². The van der Waals surface area contributed by atoms with E-state index in [9.17, 15) is 18.3 Å². The lowest BCUT2D eigenvalue weighted by Crippen LogP contribution is -2.43. The topological polar surface area (TPSA) is 95.9 Å². The summed E-state index contributed by atoms with van der Waals surface area (Å²) in [7, 11) is -4.08. The molecule has 1 fully saturated rings. The van der Waals surface area contributed by atoms with Crippen LogP contribution in [0.1, 0.15) is 70.8 Å². The van der Waals surface area contributed by atoms with Gasteiger partial charge in [0.15, 0.2) is 0 Å². The minimum atomic E-state index is -4.08. The van der Waals surface area contributed by atoms with Crippen molar-refractivity contribution in [2.75, 3.05) is 18.0 Å². The van der Waals surface area contributed by atoms with Crippen molar-refractivity contribution in [1.82, 2.24) is 4.72 Å². The zero-order valence-electron chi connectivity index (χ0n) is 24.7. The maximum atomic E-state index is 13.7. The molecule has 3 aromatic carbocycles. The van der Waals surface area contributed by atoms with Crippen LogP contribution in [0.15, 0.2) is 78.9 Å². The number of sulfonamides is 1. The number of allylic oxidation sites excluding steroid dienone is 1. The number of rotatable bonds is 1. The zero-order valence-corrected chi connectivity index (χ0v) is 26.3. The molecule has 44 heavy (non-hydrogen) atoms. The summed E-state index contributed by atoms with van der Waals surface area (Å²) >= 11 is 6.32. The molecule has 2 unspecified atom stereocenters. The van der Waals surface area contributed by atoms with E-state index in [1.165, 1.54) is 5.56 Å². The van der Waals surface area contributed by atoms with Crippen LogP contribution < -0.4 is 14.4 Å². The van der Waals surface area contributed by atoms with Gasteiger partial charge >= 0.3 is 0 Å². The number of hydrogen-bond donors (Lipinski definition) is 2. The lowest BCUT2D eigenvalue weighted by Gasteiger charge is -2.42. The number of nitrogens with zero attached hydrogens (tertiary/aromatic N) is 1. The molecule has 2 heterocycles. The van der Waals surface area contributed by atoms with E-state index < -0.39 is 27.3 Å². The number of aliphatic hydroxyl groups is 1. The first-order valence-corrected chi connectivity index (χ1v) is 17.5. The predicted molar refractivity (Wildman–Crippen MR) is 174 cm³/mol. The van der Waals surface area contributed by atoms with Crippen molar-refractivity contribution in [1.29, 1.82) is 0 Å². The van der Waals surface area contributed by atoms with Crippen molar-refractivity contribution >= 4 is 33.2 Å². The third-order valence-electron chi connectivity index (χ3n) is 9.32. The van der Waals surface area contributed by atoms with Crippen molar-refractivity contribution in [3.8, 4) is 5.75 Å². The largest absolute Gasteiger partial charge is 0.487 e. The highest BCUT2D eigenvalue weighted by molar-refractivity contribution is 7.90. The van der Waals surface area contributed by atoms with Crippen LogP contribution in [0.4, 0.5) is 5.69 Å². The van der Waals surface area contributed by atoms with E-state index in [0.29, 0.717) is 35.9 Å². The van der Waals surface area contributed by atoms with E-state index in [1.54, 1.807) is 42.5 Å². The number of aliphatic hydroxyl groups excluding tert-OH is 1. The third kappa shape index (κ3) is 6.82. The highest BCUT2D eigenvalue weighted by Crippen LogP contribution is 2.41. The Morgan fingerprint density at radius 2 is 1.80 bits per heavy atom. The van der Waals surface area contributed by atoms with Crippen LogP contribution in [0.2, 0.25) is 5.02 Å². The molecular formula is C35H39ClN2O5S. The van der Waals surface area contributed by atoms with Crippen molar-refractivity contribution in [3.05, 3.63) is 106 Å². The molecule has 6 rings (SSSR count). The molecule has 0 radical (unpaired) electrons. The van der Waals surface area contributed by atoms with Crippen LogP contribution in [-0.4, -0.2) is 38.6 Å². The minimum absolute atomic E-state index is 0.119. The van der Waals surface area contributed by atoms with Gasteiger partial charge in [-0.15, -0.1) is 0 Å². The normalized spacial score (nSPS) is 26.4. The van der Waals surface area contributed by atoms with Gasteiger partial charge in [-0.2, -0.15) is 0 Å². The lowest BCUT2D eigenvalue weighted by molar-refractivity contribution is 0.0461. The highest BCUT2D eigenvalue weighted by Gasteiger charge is 2.37. The highest BCUT2D eigenvalue weighted by atomic mass is 35.5. The number of ether oxygens (including phenoxy) is 1. The number of carbonyl (C=O) groups excluding carboxylic acids is 1. The summed E-state index contributed by atoms with van der Waals surface area (Å²) in [6, 6.07) is 20.0. The number of nitrogens with one attached hydrogen (secondary N) is 1. The lowest BCUT2D eigenvalue weighted by atomic mass is 9.70. The van der Waals surface area contributed by atoms with Gasteiger partial charge in [0, 0.05) is 23.7 Å². The molecule has 0 aromatic heterocycles. The quantitative estimate of drug-likeness (QED) is 0.293. The van der Waals surface area contributed by atoms with Crippen LogP contribution in [0.3, 0.4) is 0 Å². The number of anilines is 1. The Labute approximate surface area is 264 Å². The van der Waals surface area contributed by atoms with E-state index in [-0.39, 0.29) is 23.8 Å². The van der Waals surface area contributed by atoms with Gasteiger partial charge in [0.05, 0.1) is 11.8 Å². The summed E-state index contributed by atoms with van der Waals surface area (Å²) < 4.78 is 36.1. The Bertz CT molecular complexity index is 1630. The first kappa shape index (κ1) is 30.7. The second-order valence-electron chi connectivity index (χ2n) is 12.2. The smallest absolute Gasteiger partial charge is 0.264 e. The Hall–Kier alpha value is -3.33. The number of fused-ring (bicyclic) bond motifs is 3. The number of amides is 1. The fraction of sp³-hybridized carbons (Fsp3) is 0.400. The van der Waals surface area contributed by atoms with E-state index in [2.05, 4.69) is 9.62 Å². The molecule has 7 nitrogen and oxygen atoms in total. The van der Waals surface area contributed by atoms with Crippen molar-refractivity contribution < 1.29 is 23.1 Å². The number of benzene rings is 3. The zero-order chi connectivity index (χ0) is 30.7. The fourth-order valence-corrected chi connectivity index (χ4v) is 8.36. The third-order valence-corrected chi connectivity index (χ3v) is 11.3. The van der Waals surface area contributed by atoms with Gasteiger partial charge in [0.25, 0.3) is 5.91 Å². The molecule has 3 aromatic rings. The maximum absolute atomic E-state index is 13.7. The summed E-state index contributed by atoms with van der Waals surface area (Å²) in [5.41, 5.74) is 3.87. The van der Waals surface area contributed by atoms with Crippen LogP contribution in [0.5, 0.6) is 5.75 Å². The van der Waals surface area contributed by atoms with E-state index in [4.69, 9.17) is 16.3 Å². The summed E-state index contributed by atoms with van der Waals surface area (Å²) in [6.07, 6.45) is 8.54. The molecule has 1 saturated carbocycles. The second kappa shape index (κ2) is 13.3. The maximum Gasteiger partial charge on any atom is 0.264 e. The van der Waals surface area contributed by atoms with E-state index >= 15 is 0 Å². The molecule has 1 amide bonds. The number of aryl methyl sites for hydroxylation is 1. The molecule has 4 atom stereocenters. The van der Waals surface area contributed by atoms with Gasteiger partial charge in [-0.25, -0.2) is 13.1 Å². The van der Waals surface area contributed by atoms with Gasteiger partial charge in [-0.1, -0.05) is 60.2 Å². The molecule has 9 heteroatoms. The van der Waals surface area contributed by atoms with Crippen LogP contribution >= 0.6 is 11.6 Å². The van der Waals surface area contributed by atoms with Crippen LogP contribution in [0.25, 0.3) is 0 Å². The monoisotopic (exact) mass is 634 g/mol. The Morgan fingerprint density at radius 3 is 2.59 bits per heavy atom. The molecule has 0 spiro atoms. The van der Waals surface area contributed by atoms with Gasteiger partial charge < -0.3 is 14.7 Å². The minimum Gasteiger partial charge on any atom is -0.487 e. The molecule has 232 valence electrons. The van der Waals surface area contributed by atoms with Crippen LogP contribution in [-0.2, 0) is 23.1 Å². The number of carbonyl (C=O) groups is 1. The summed E-state index contributed by atoms with van der Waals surface area (Å²) in [5.74, 6) is 0.370. The molecule has 2 bridgehead atoms. The molecule has 0 saturated heterocycles. The average Bonchev–Trinajstić information content (AvgIpc) is 3.02. The first-order chi connectivity index (χ1) is 21.3. The summed E-state index contributed by atoms with van der Waals surface area (Å²) in [6.45, 7) is 1.80. The molecular weight excluding hydrogens is 596 g/mol. The predicted octanol–water partition coefficient (Wildman–Crippen LogP) is 6.60. The molecule has 2 aliphatic heterocycles. The Morgan fingerprint density at radius 1 is 0.955 bits per heavy atom. The second-order valence-corrected chi connectivity index (χ2v) is 14.5. The SMILES string of the molecule is O=C1NS(=O)(=O)[C@@H](c2ccccc2)CC/C=C/[C@H](O)C2CCC2CN2CCCCc3cc(Cl)ccc3COc3ccc1cc32. The standard InChI is InChI=1S/C35H39ClN2O5S/c36-29-16-13-28-23-43-33-18-15-26-21-31(33)38(19-7-6-10-25(28)20-29)22-27-14-17-30(27)32(39)11-4-5-12-34(24-8-2-1-3-9-24)44(41,42)37-35(26)40/h1-4,8-9,11,13,15-16,18,20-21,27,30,32,34,39H,5-7,10,12,14,17,19,22-23H2,(H,37,40)/b11-4+/t27?,30?,32-,34+/m0/s1. The Kier molecular flexibility index (Phi) is 9.31. The fourth-order valence-electron chi connectivity index (χ4n) is 6.69. The summed E-state index contributed by atoms with van der Waals surface area (Å²) in [4.78, 5) is 15.8. The number of halogens is 1. The van der Waals surface area contributed by atoms with E-state index in [0.717, 1.165) is 49.9 Å². The van der Waals surface area contributed by atoms with Gasteiger partial charge in [-0.05, 0) is 104 Å². The first-order valence-electron chi connectivity index (χ1n) is 15.5. The van der Waals surface area contributed by atoms with Gasteiger partial charge in [0.2, 0.25) is 10.0 Å². The van der Waals surface area contributed by atoms with Crippen LogP contribution in [0, 0.1) is 11.8 Å². The van der Waals surface area contributed by atoms with Crippen molar-refractivity contribution in [2.45, 2.75) is 62.9 Å².